The van der Waals surface area contributed by atoms with Crippen molar-refractivity contribution >= 4 is 28.2 Å². The number of nitrogens with zero attached hydrogens (tertiary/aromatic N) is 1. The van der Waals surface area contributed by atoms with E-state index in [0.717, 1.165) is 16.6 Å². The second kappa shape index (κ2) is 5.92. The summed E-state index contributed by atoms with van der Waals surface area (Å²) in [7, 11) is 0. The third-order valence-corrected chi connectivity index (χ3v) is 3.59. The fourth-order valence-electron chi connectivity index (χ4n) is 2.25. The highest BCUT2D eigenvalue weighted by atomic mass is 35.5. The van der Waals surface area contributed by atoms with E-state index in [2.05, 4.69) is 16.4 Å². The van der Waals surface area contributed by atoms with Crippen LogP contribution < -0.4 is 10.9 Å². The molecule has 3 rings (SSSR count). The molecule has 0 saturated carbocycles. The Labute approximate surface area is 132 Å². The van der Waals surface area contributed by atoms with E-state index in [4.69, 9.17) is 16.9 Å². The third kappa shape index (κ3) is 2.95. The minimum atomic E-state index is -0.140. The van der Waals surface area contributed by atoms with Crippen molar-refractivity contribution in [1.82, 2.24) is 4.98 Å². The Kier molecular flexibility index (Phi) is 3.82. The van der Waals surface area contributed by atoms with Crippen molar-refractivity contribution in [2.45, 2.75) is 6.54 Å². The van der Waals surface area contributed by atoms with E-state index >= 15 is 0 Å². The molecule has 0 aliphatic heterocycles. The van der Waals surface area contributed by atoms with E-state index < -0.39 is 0 Å². The summed E-state index contributed by atoms with van der Waals surface area (Å²) in [6.45, 7) is 0.368. The minimum Gasteiger partial charge on any atom is -0.381 e. The number of hydrogen-bond donors (Lipinski definition) is 2. The van der Waals surface area contributed by atoms with Crippen LogP contribution in [-0.2, 0) is 6.54 Å². The topological polar surface area (TPSA) is 68.7 Å². The van der Waals surface area contributed by atoms with Crippen LogP contribution in [0.1, 0.15) is 11.1 Å². The molecule has 0 fully saturated rings. The van der Waals surface area contributed by atoms with Crippen LogP contribution in [-0.4, -0.2) is 4.98 Å². The Bertz CT molecular complexity index is 941. The number of benzene rings is 2. The highest BCUT2D eigenvalue weighted by Gasteiger charge is 2.04. The molecule has 0 radical (unpaired) electrons. The predicted octanol–water partition coefficient (Wildman–Crippen LogP) is 3.67. The number of H-pyrrole nitrogens is 1. The second-order valence-electron chi connectivity index (χ2n) is 4.90. The van der Waals surface area contributed by atoms with Gasteiger partial charge in [-0.25, -0.2) is 0 Å². The highest BCUT2D eigenvalue weighted by Crippen LogP contribution is 2.18. The molecule has 4 nitrogen and oxygen atoms in total. The first kappa shape index (κ1) is 14.2. The molecule has 108 valence electrons. The molecule has 3 aromatic rings. The molecule has 0 aliphatic carbocycles. The molecule has 1 heterocycles. The maximum absolute atomic E-state index is 12.1. The monoisotopic (exact) mass is 309 g/mol. The van der Waals surface area contributed by atoms with Gasteiger partial charge in [0.1, 0.15) is 0 Å². The van der Waals surface area contributed by atoms with E-state index in [1.54, 1.807) is 30.3 Å². The summed E-state index contributed by atoms with van der Waals surface area (Å²) in [5, 5.41) is 13.6. The lowest BCUT2D eigenvalue weighted by molar-refractivity contribution is 1.09. The highest BCUT2D eigenvalue weighted by molar-refractivity contribution is 6.31. The number of hydrogen-bond acceptors (Lipinski definition) is 3. The number of aromatic amines is 1. The van der Waals surface area contributed by atoms with Crippen molar-refractivity contribution in [1.29, 1.82) is 5.26 Å². The Morgan fingerprint density at radius 3 is 2.86 bits per heavy atom. The van der Waals surface area contributed by atoms with Gasteiger partial charge in [0.05, 0.1) is 11.6 Å². The Morgan fingerprint density at radius 1 is 1.18 bits per heavy atom. The largest absolute Gasteiger partial charge is 0.381 e. The van der Waals surface area contributed by atoms with Crippen LogP contribution in [0.25, 0.3) is 10.9 Å². The Morgan fingerprint density at radius 2 is 2.05 bits per heavy atom. The molecule has 22 heavy (non-hydrogen) atoms. The van der Waals surface area contributed by atoms with Crippen LogP contribution in [0.15, 0.2) is 53.3 Å². The predicted molar refractivity (Wildman–Crippen MR) is 88.1 cm³/mol. The molecular formula is C17H12ClN3O. The molecule has 0 saturated heterocycles. The molecule has 2 aromatic carbocycles. The number of nitriles is 1. The molecule has 0 bridgehead atoms. The van der Waals surface area contributed by atoms with Gasteiger partial charge in [0, 0.05) is 33.7 Å². The maximum Gasteiger partial charge on any atom is 0.253 e. The molecule has 5 heteroatoms. The van der Waals surface area contributed by atoms with Crippen molar-refractivity contribution < 1.29 is 0 Å². The Balaban J connectivity index is 1.88. The number of pyridine rings is 1. The average Bonchev–Trinajstić information content (AvgIpc) is 2.53. The van der Waals surface area contributed by atoms with Gasteiger partial charge in [0.15, 0.2) is 0 Å². The summed E-state index contributed by atoms with van der Waals surface area (Å²) in [6.07, 6.45) is 0. The fraction of sp³-hybridized carbons (Fsp3) is 0.0588. The lowest BCUT2D eigenvalue weighted by atomic mass is 10.1. The standard InChI is InChI=1S/C17H12ClN3O/c18-14-4-5-16-12(8-14)7-13(17(22)21-16)10-20-15-3-1-2-11(6-15)9-19/h1-8,20H,10H2,(H,21,22). The van der Waals surface area contributed by atoms with Crippen LogP contribution in [0, 0.1) is 11.3 Å². The van der Waals surface area contributed by atoms with Gasteiger partial charge in [-0.2, -0.15) is 5.26 Å². The van der Waals surface area contributed by atoms with Crippen LogP contribution >= 0.6 is 11.6 Å². The van der Waals surface area contributed by atoms with Gasteiger partial charge in [-0.3, -0.25) is 4.79 Å². The summed E-state index contributed by atoms with van der Waals surface area (Å²) >= 11 is 5.98. The number of rotatable bonds is 3. The summed E-state index contributed by atoms with van der Waals surface area (Å²) < 4.78 is 0. The van der Waals surface area contributed by atoms with E-state index in [1.165, 1.54) is 0 Å². The summed E-state index contributed by atoms with van der Waals surface area (Å²) in [6, 6.07) is 16.4. The van der Waals surface area contributed by atoms with E-state index in [9.17, 15) is 4.79 Å². The lowest BCUT2D eigenvalue weighted by Crippen LogP contribution is -2.15. The maximum atomic E-state index is 12.1. The van der Waals surface area contributed by atoms with E-state index in [-0.39, 0.29) is 5.56 Å². The van der Waals surface area contributed by atoms with Gasteiger partial charge in [-0.15, -0.1) is 0 Å². The quantitative estimate of drug-likeness (QED) is 0.775. The van der Waals surface area contributed by atoms with Gasteiger partial charge in [-0.1, -0.05) is 17.7 Å². The van der Waals surface area contributed by atoms with Crippen molar-refractivity contribution in [3.63, 3.8) is 0 Å². The zero-order valence-corrected chi connectivity index (χ0v) is 12.3. The van der Waals surface area contributed by atoms with E-state index in [1.807, 2.05) is 18.2 Å². The fourth-order valence-corrected chi connectivity index (χ4v) is 2.43. The summed E-state index contributed by atoms with van der Waals surface area (Å²) in [5.74, 6) is 0. The van der Waals surface area contributed by atoms with Crippen LogP contribution in [0.3, 0.4) is 0 Å². The first-order chi connectivity index (χ1) is 10.7. The van der Waals surface area contributed by atoms with Crippen molar-refractivity contribution in [2.75, 3.05) is 5.32 Å². The molecule has 0 aliphatic rings. The SMILES string of the molecule is N#Cc1cccc(NCc2cc3cc(Cl)ccc3[nH]c2=O)c1. The molecule has 0 amide bonds. The lowest BCUT2D eigenvalue weighted by Gasteiger charge is -2.07. The smallest absolute Gasteiger partial charge is 0.253 e. The van der Waals surface area contributed by atoms with Crippen LogP contribution in [0.5, 0.6) is 0 Å². The molecule has 0 unspecified atom stereocenters. The summed E-state index contributed by atoms with van der Waals surface area (Å²) in [4.78, 5) is 14.9. The minimum absolute atomic E-state index is 0.140. The van der Waals surface area contributed by atoms with Crippen molar-refractivity contribution in [3.05, 3.63) is 75.0 Å². The van der Waals surface area contributed by atoms with Crippen LogP contribution in [0.4, 0.5) is 5.69 Å². The number of aromatic nitrogens is 1. The summed E-state index contributed by atoms with van der Waals surface area (Å²) in [5.41, 5.74) is 2.59. The number of fused-ring (bicyclic) bond motifs is 1. The first-order valence-electron chi connectivity index (χ1n) is 6.71. The van der Waals surface area contributed by atoms with Gasteiger partial charge in [0.2, 0.25) is 0 Å². The normalized spacial score (nSPS) is 10.4. The second-order valence-corrected chi connectivity index (χ2v) is 5.34. The molecule has 0 atom stereocenters. The van der Waals surface area contributed by atoms with Gasteiger partial charge >= 0.3 is 0 Å². The number of halogens is 1. The average molecular weight is 310 g/mol. The molecule has 0 spiro atoms. The van der Waals surface area contributed by atoms with Crippen molar-refractivity contribution in [2.24, 2.45) is 0 Å². The zero-order valence-electron chi connectivity index (χ0n) is 11.6. The van der Waals surface area contributed by atoms with E-state index in [0.29, 0.717) is 22.7 Å². The van der Waals surface area contributed by atoms with Crippen LogP contribution in [0.2, 0.25) is 5.02 Å². The molecular weight excluding hydrogens is 298 g/mol. The number of anilines is 1. The number of nitrogens with one attached hydrogen (secondary N) is 2. The van der Waals surface area contributed by atoms with Crippen molar-refractivity contribution in [3.8, 4) is 6.07 Å². The zero-order chi connectivity index (χ0) is 15.5. The third-order valence-electron chi connectivity index (χ3n) is 3.36. The molecule has 2 N–H and O–H groups in total. The van der Waals surface area contributed by atoms with Gasteiger partial charge < -0.3 is 10.3 Å². The van der Waals surface area contributed by atoms with Gasteiger partial charge in [0.25, 0.3) is 5.56 Å². The van der Waals surface area contributed by atoms with Gasteiger partial charge in [-0.05, 0) is 42.5 Å². The molecule has 1 aromatic heterocycles. The Hall–Kier alpha value is -2.77. The first-order valence-corrected chi connectivity index (χ1v) is 7.09.